The molecule has 6 heteroatoms. The normalized spacial score (nSPS) is 21.6. The first-order valence-corrected chi connectivity index (χ1v) is 9.49. The first-order valence-electron chi connectivity index (χ1n) is 8.01. The Labute approximate surface area is 133 Å². The monoisotopic (exact) mass is 326 g/mol. The Morgan fingerprint density at radius 2 is 2.05 bits per heavy atom. The first kappa shape index (κ1) is 17.4. The van der Waals surface area contributed by atoms with Gasteiger partial charge in [-0.25, -0.2) is 13.1 Å². The standard InChI is InChI=1S/C16H26N2O3S/c1-2-16(19)15-10-6-7-12-18(15)13-11-17-22(20,21)14-8-4-3-5-9-14/h3-5,8-9,15-17,19H,2,6-7,10-13H2,1H3/t15-,16-/m1/s1. The molecule has 2 N–H and O–H groups in total. The maximum absolute atomic E-state index is 12.2. The third-order valence-electron chi connectivity index (χ3n) is 4.27. The van der Waals surface area contributed by atoms with Gasteiger partial charge in [-0.2, -0.15) is 0 Å². The van der Waals surface area contributed by atoms with E-state index in [1.807, 2.05) is 6.92 Å². The number of nitrogens with zero attached hydrogens (tertiary/aromatic N) is 1. The zero-order valence-corrected chi connectivity index (χ0v) is 13.9. The molecule has 0 saturated carbocycles. The number of sulfonamides is 1. The second kappa shape index (κ2) is 8.06. The van der Waals surface area contributed by atoms with Gasteiger partial charge in [-0.3, -0.25) is 4.90 Å². The van der Waals surface area contributed by atoms with Crippen LogP contribution in [0, 0.1) is 0 Å². The molecule has 22 heavy (non-hydrogen) atoms. The summed E-state index contributed by atoms with van der Waals surface area (Å²) < 4.78 is 27.0. The summed E-state index contributed by atoms with van der Waals surface area (Å²) in [5.74, 6) is 0. The predicted molar refractivity (Wildman–Crippen MR) is 87.1 cm³/mol. The summed E-state index contributed by atoms with van der Waals surface area (Å²) in [4.78, 5) is 2.50. The van der Waals surface area contributed by atoms with Gasteiger partial charge in [-0.05, 0) is 37.9 Å². The third-order valence-corrected chi connectivity index (χ3v) is 5.75. The van der Waals surface area contributed by atoms with Gasteiger partial charge in [0.1, 0.15) is 0 Å². The van der Waals surface area contributed by atoms with E-state index < -0.39 is 10.0 Å². The number of nitrogens with one attached hydrogen (secondary N) is 1. The second-order valence-electron chi connectivity index (χ2n) is 5.79. The van der Waals surface area contributed by atoms with E-state index in [-0.39, 0.29) is 12.1 Å². The molecule has 0 radical (unpaired) electrons. The van der Waals surface area contributed by atoms with Gasteiger partial charge in [0.2, 0.25) is 10.0 Å². The van der Waals surface area contributed by atoms with Gasteiger partial charge >= 0.3 is 0 Å². The van der Waals surface area contributed by atoms with Crippen LogP contribution in [0.5, 0.6) is 0 Å². The highest BCUT2D eigenvalue weighted by atomic mass is 32.2. The molecule has 124 valence electrons. The molecule has 0 spiro atoms. The molecular formula is C16H26N2O3S. The summed E-state index contributed by atoms with van der Waals surface area (Å²) in [5, 5.41) is 10.1. The summed E-state index contributed by atoms with van der Waals surface area (Å²) >= 11 is 0. The number of hydrogen-bond acceptors (Lipinski definition) is 4. The molecule has 2 rings (SSSR count). The van der Waals surface area contributed by atoms with Gasteiger partial charge in [0.05, 0.1) is 11.0 Å². The molecule has 2 atom stereocenters. The van der Waals surface area contributed by atoms with E-state index in [0.717, 1.165) is 32.2 Å². The summed E-state index contributed by atoms with van der Waals surface area (Å²) in [5.41, 5.74) is 0. The van der Waals surface area contributed by atoms with Crippen molar-refractivity contribution < 1.29 is 13.5 Å². The van der Waals surface area contributed by atoms with Gasteiger partial charge < -0.3 is 5.11 Å². The molecule has 0 aromatic heterocycles. The highest BCUT2D eigenvalue weighted by Crippen LogP contribution is 2.20. The van der Waals surface area contributed by atoms with Crippen LogP contribution in [0.4, 0.5) is 0 Å². The van der Waals surface area contributed by atoms with Gasteiger partial charge in [0.25, 0.3) is 0 Å². The number of benzene rings is 1. The van der Waals surface area contributed by atoms with Crippen molar-refractivity contribution in [1.82, 2.24) is 9.62 Å². The Kier molecular flexibility index (Phi) is 6.37. The zero-order valence-electron chi connectivity index (χ0n) is 13.1. The van der Waals surface area contributed by atoms with E-state index in [4.69, 9.17) is 0 Å². The Hall–Kier alpha value is -0.950. The molecule has 1 aliphatic rings. The minimum Gasteiger partial charge on any atom is -0.392 e. The Morgan fingerprint density at radius 3 is 2.73 bits per heavy atom. The van der Waals surface area contributed by atoms with Crippen molar-refractivity contribution in [2.24, 2.45) is 0 Å². The number of aliphatic hydroxyl groups excluding tert-OH is 1. The second-order valence-corrected chi connectivity index (χ2v) is 7.55. The number of hydrogen-bond donors (Lipinski definition) is 2. The number of aliphatic hydroxyl groups is 1. The maximum atomic E-state index is 12.2. The van der Waals surface area contributed by atoms with Crippen molar-refractivity contribution >= 4 is 10.0 Å². The number of piperidine rings is 1. The van der Waals surface area contributed by atoms with Crippen LogP contribution in [0.2, 0.25) is 0 Å². The average Bonchev–Trinajstić information content (AvgIpc) is 2.55. The lowest BCUT2D eigenvalue weighted by Gasteiger charge is -2.38. The van der Waals surface area contributed by atoms with E-state index >= 15 is 0 Å². The van der Waals surface area contributed by atoms with Crippen LogP contribution in [-0.4, -0.2) is 50.2 Å². The topological polar surface area (TPSA) is 69.6 Å². The van der Waals surface area contributed by atoms with Crippen LogP contribution >= 0.6 is 0 Å². The van der Waals surface area contributed by atoms with Crippen LogP contribution < -0.4 is 4.72 Å². The van der Waals surface area contributed by atoms with Crippen LogP contribution in [0.1, 0.15) is 32.6 Å². The van der Waals surface area contributed by atoms with E-state index in [9.17, 15) is 13.5 Å². The largest absolute Gasteiger partial charge is 0.392 e. The smallest absolute Gasteiger partial charge is 0.240 e. The molecule has 0 amide bonds. The molecule has 0 aliphatic carbocycles. The van der Waals surface area contributed by atoms with Crippen molar-refractivity contribution in [2.45, 2.75) is 49.6 Å². The molecule has 1 aromatic rings. The number of rotatable bonds is 7. The minimum atomic E-state index is -3.44. The summed E-state index contributed by atoms with van der Waals surface area (Å²) in [6, 6.07) is 8.56. The minimum absolute atomic E-state index is 0.153. The Morgan fingerprint density at radius 1 is 1.32 bits per heavy atom. The van der Waals surface area contributed by atoms with Crippen molar-refractivity contribution in [3.05, 3.63) is 30.3 Å². The molecule has 5 nitrogen and oxygen atoms in total. The summed E-state index contributed by atoms with van der Waals surface area (Å²) in [7, 11) is -3.44. The molecule has 1 fully saturated rings. The summed E-state index contributed by atoms with van der Waals surface area (Å²) in [6.45, 7) is 3.91. The fourth-order valence-electron chi connectivity index (χ4n) is 3.01. The van der Waals surface area contributed by atoms with Crippen molar-refractivity contribution in [3.63, 3.8) is 0 Å². The lowest BCUT2D eigenvalue weighted by Crippen LogP contribution is -2.49. The quantitative estimate of drug-likeness (QED) is 0.798. The van der Waals surface area contributed by atoms with Gasteiger partial charge in [-0.15, -0.1) is 0 Å². The lowest BCUT2D eigenvalue weighted by molar-refractivity contribution is 0.0254. The summed E-state index contributed by atoms with van der Waals surface area (Å²) in [6.07, 6.45) is 3.63. The fourth-order valence-corrected chi connectivity index (χ4v) is 4.05. The highest BCUT2D eigenvalue weighted by molar-refractivity contribution is 7.89. The fraction of sp³-hybridized carbons (Fsp3) is 0.625. The third kappa shape index (κ3) is 4.52. The SMILES string of the molecule is CC[C@@H](O)[C@H]1CCCCN1CCNS(=O)(=O)c1ccccc1. The van der Waals surface area contributed by atoms with Gasteiger partial charge in [-0.1, -0.05) is 31.5 Å². The Bertz CT molecular complexity index is 548. The molecule has 1 saturated heterocycles. The van der Waals surface area contributed by atoms with Crippen molar-refractivity contribution in [2.75, 3.05) is 19.6 Å². The van der Waals surface area contributed by atoms with E-state index in [1.165, 1.54) is 0 Å². The molecular weight excluding hydrogens is 300 g/mol. The number of likely N-dealkylation sites (tertiary alicyclic amines) is 1. The van der Waals surface area contributed by atoms with Crippen LogP contribution in [0.15, 0.2) is 35.2 Å². The zero-order chi connectivity index (χ0) is 16.0. The van der Waals surface area contributed by atoms with Crippen LogP contribution in [0.3, 0.4) is 0 Å². The van der Waals surface area contributed by atoms with Crippen LogP contribution in [-0.2, 0) is 10.0 Å². The van der Waals surface area contributed by atoms with Gasteiger partial charge in [0.15, 0.2) is 0 Å². The molecule has 1 heterocycles. The average molecular weight is 326 g/mol. The van der Waals surface area contributed by atoms with Gasteiger partial charge in [0, 0.05) is 19.1 Å². The first-order chi connectivity index (χ1) is 10.5. The Balaban J connectivity index is 1.89. The van der Waals surface area contributed by atoms with E-state index in [0.29, 0.717) is 18.0 Å². The highest BCUT2D eigenvalue weighted by Gasteiger charge is 2.27. The molecule has 0 bridgehead atoms. The van der Waals surface area contributed by atoms with Crippen LogP contribution in [0.25, 0.3) is 0 Å². The maximum Gasteiger partial charge on any atom is 0.240 e. The van der Waals surface area contributed by atoms with Crippen molar-refractivity contribution in [1.29, 1.82) is 0 Å². The van der Waals surface area contributed by atoms with Crippen molar-refractivity contribution in [3.8, 4) is 0 Å². The molecule has 1 aliphatic heterocycles. The molecule has 1 aromatic carbocycles. The predicted octanol–water partition coefficient (Wildman–Crippen LogP) is 1.59. The lowest BCUT2D eigenvalue weighted by atomic mass is 9.96. The van der Waals surface area contributed by atoms with E-state index in [1.54, 1.807) is 30.3 Å². The molecule has 0 unspecified atom stereocenters. The van der Waals surface area contributed by atoms with E-state index in [2.05, 4.69) is 9.62 Å².